The molecule has 1 N–H and O–H groups in total. The van der Waals surface area contributed by atoms with Gasteiger partial charge in [0.1, 0.15) is 6.04 Å². The van der Waals surface area contributed by atoms with Crippen molar-refractivity contribution in [3.8, 4) is 0 Å². The van der Waals surface area contributed by atoms with Crippen LogP contribution < -0.4 is 5.32 Å². The van der Waals surface area contributed by atoms with Crippen LogP contribution in [0.1, 0.15) is 34.3 Å². The summed E-state index contributed by atoms with van der Waals surface area (Å²) in [6, 6.07) is 9.94. The van der Waals surface area contributed by atoms with Crippen LogP contribution in [0.15, 0.2) is 47.4 Å². The van der Waals surface area contributed by atoms with E-state index in [1.54, 1.807) is 23.1 Å². The van der Waals surface area contributed by atoms with E-state index in [1.165, 1.54) is 29.8 Å². The van der Waals surface area contributed by atoms with Gasteiger partial charge in [0.15, 0.2) is 0 Å². The SMILES string of the molecule is COC(=O)[C@H](CN1Cc2ccccc2C1=O)NC(=O)C1CCN(C(=O)/C=C/c2ccc(SC)c(Cl)c2Cl)CC1. The van der Waals surface area contributed by atoms with E-state index in [-0.39, 0.29) is 30.2 Å². The molecule has 1 saturated heterocycles. The lowest BCUT2D eigenvalue weighted by Gasteiger charge is -2.31. The molecule has 2 aliphatic heterocycles. The third kappa shape index (κ3) is 6.59. The molecular weight excluding hydrogens is 561 g/mol. The summed E-state index contributed by atoms with van der Waals surface area (Å²) in [5.41, 5.74) is 2.13. The number of ether oxygens (including phenoxy) is 1. The molecule has 8 nitrogen and oxygen atoms in total. The number of likely N-dealkylation sites (tertiary alicyclic amines) is 1. The summed E-state index contributed by atoms with van der Waals surface area (Å²) in [5, 5.41) is 3.61. The summed E-state index contributed by atoms with van der Waals surface area (Å²) in [6.07, 6.45) is 5.89. The van der Waals surface area contributed by atoms with E-state index in [1.807, 2.05) is 30.5 Å². The number of nitrogens with zero attached hydrogens (tertiary/aromatic N) is 2. The molecule has 1 fully saturated rings. The van der Waals surface area contributed by atoms with E-state index in [0.717, 1.165) is 10.5 Å². The highest BCUT2D eigenvalue weighted by atomic mass is 35.5. The number of hydrogen-bond acceptors (Lipinski definition) is 6. The van der Waals surface area contributed by atoms with Crippen molar-refractivity contribution in [3.05, 3.63) is 69.2 Å². The van der Waals surface area contributed by atoms with Crippen molar-refractivity contribution >= 4 is 64.7 Å². The molecule has 2 aromatic rings. The lowest BCUT2D eigenvalue weighted by molar-refractivity contribution is -0.146. The maximum absolute atomic E-state index is 13.0. The Labute approximate surface area is 241 Å². The van der Waals surface area contributed by atoms with E-state index in [9.17, 15) is 19.2 Å². The maximum atomic E-state index is 13.0. The Morgan fingerprint density at radius 2 is 1.85 bits per heavy atom. The molecular formula is C28H29Cl2N3O5S. The van der Waals surface area contributed by atoms with Gasteiger partial charge in [-0.15, -0.1) is 11.8 Å². The summed E-state index contributed by atoms with van der Waals surface area (Å²) >= 11 is 14.1. The van der Waals surface area contributed by atoms with E-state index in [4.69, 9.17) is 27.9 Å². The van der Waals surface area contributed by atoms with Gasteiger partial charge in [0.2, 0.25) is 11.8 Å². The molecule has 206 valence electrons. The first-order chi connectivity index (χ1) is 18.7. The van der Waals surface area contributed by atoms with Gasteiger partial charge in [0.25, 0.3) is 5.91 Å². The first-order valence-electron chi connectivity index (χ1n) is 12.5. The monoisotopic (exact) mass is 589 g/mol. The Hall–Kier alpha value is -3.01. The molecule has 11 heteroatoms. The van der Waals surface area contributed by atoms with Crippen molar-refractivity contribution in [3.63, 3.8) is 0 Å². The maximum Gasteiger partial charge on any atom is 0.330 e. The number of carbonyl (C=O) groups excluding carboxylic acids is 4. The molecule has 39 heavy (non-hydrogen) atoms. The number of hydrogen-bond donors (Lipinski definition) is 1. The van der Waals surface area contributed by atoms with Gasteiger partial charge in [0, 0.05) is 42.1 Å². The molecule has 0 saturated carbocycles. The molecule has 0 aliphatic carbocycles. The number of thioether (sulfide) groups is 1. The quantitative estimate of drug-likeness (QED) is 0.280. The normalized spacial score (nSPS) is 16.4. The van der Waals surface area contributed by atoms with Crippen LogP contribution in [0.3, 0.4) is 0 Å². The van der Waals surface area contributed by atoms with Crippen LogP contribution in [0, 0.1) is 5.92 Å². The molecule has 3 amide bonds. The standard InChI is InChI=1S/C28H29Cl2N3O5S/c1-38-28(37)21(16-33-15-19-5-3-4-6-20(19)27(33)36)31-26(35)18-11-13-32(14-12-18)23(34)10-8-17-7-9-22(39-2)25(30)24(17)29/h3-10,18,21H,11-16H2,1-2H3,(H,31,35)/b10-8+/t21-/m0/s1. The first kappa shape index (κ1) is 29.0. The predicted octanol–water partition coefficient (Wildman–Crippen LogP) is 4.28. The fraction of sp³-hybridized carbons (Fsp3) is 0.357. The van der Waals surface area contributed by atoms with Crippen LogP contribution in [0.4, 0.5) is 0 Å². The molecule has 4 rings (SSSR count). The summed E-state index contributed by atoms with van der Waals surface area (Å²) in [5.74, 6) is -1.65. The van der Waals surface area contributed by atoms with Crippen LogP contribution in [-0.4, -0.2) is 72.5 Å². The number of methoxy groups -OCH3 is 1. The van der Waals surface area contributed by atoms with E-state index < -0.39 is 12.0 Å². The average Bonchev–Trinajstić information content (AvgIpc) is 3.27. The molecule has 0 radical (unpaired) electrons. The number of piperidine rings is 1. The minimum Gasteiger partial charge on any atom is -0.467 e. The molecule has 0 aromatic heterocycles. The average molecular weight is 591 g/mol. The van der Waals surface area contributed by atoms with Crippen molar-refractivity contribution in [1.82, 2.24) is 15.1 Å². The minimum absolute atomic E-state index is 0.0125. The smallest absolute Gasteiger partial charge is 0.330 e. The fourth-order valence-electron chi connectivity index (χ4n) is 4.75. The fourth-order valence-corrected chi connectivity index (χ4v) is 5.93. The van der Waals surface area contributed by atoms with Gasteiger partial charge in [-0.1, -0.05) is 47.5 Å². The Bertz CT molecular complexity index is 1310. The lowest BCUT2D eigenvalue weighted by atomic mass is 9.95. The van der Waals surface area contributed by atoms with E-state index in [0.29, 0.717) is 53.6 Å². The van der Waals surface area contributed by atoms with Crippen LogP contribution in [-0.2, 0) is 25.7 Å². The molecule has 0 bridgehead atoms. The van der Waals surface area contributed by atoms with Crippen molar-refractivity contribution in [2.75, 3.05) is 33.0 Å². The molecule has 0 unspecified atom stereocenters. The number of halogens is 2. The summed E-state index contributed by atoms with van der Waals surface area (Å²) in [4.78, 5) is 55.1. The highest BCUT2D eigenvalue weighted by Crippen LogP contribution is 2.35. The second-order valence-corrected chi connectivity index (χ2v) is 10.9. The lowest BCUT2D eigenvalue weighted by Crippen LogP contribution is -2.52. The van der Waals surface area contributed by atoms with E-state index in [2.05, 4.69) is 5.32 Å². The van der Waals surface area contributed by atoms with Crippen molar-refractivity contribution in [2.45, 2.75) is 30.3 Å². The van der Waals surface area contributed by atoms with E-state index >= 15 is 0 Å². The highest BCUT2D eigenvalue weighted by Gasteiger charge is 2.34. The Morgan fingerprint density at radius 1 is 1.13 bits per heavy atom. The van der Waals surface area contributed by atoms with Gasteiger partial charge in [-0.3, -0.25) is 14.4 Å². The van der Waals surface area contributed by atoms with Gasteiger partial charge in [-0.25, -0.2) is 4.79 Å². The van der Waals surface area contributed by atoms with Crippen LogP contribution in [0.25, 0.3) is 6.08 Å². The molecule has 2 aromatic carbocycles. The zero-order valence-electron chi connectivity index (χ0n) is 21.6. The van der Waals surface area contributed by atoms with Gasteiger partial charge in [0.05, 0.1) is 23.7 Å². The topological polar surface area (TPSA) is 96.0 Å². The molecule has 2 aliphatic rings. The highest BCUT2D eigenvalue weighted by molar-refractivity contribution is 7.98. The number of carbonyl (C=O) groups is 4. The second kappa shape index (κ2) is 12.9. The first-order valence-corrected chi connectivity index (χ1v) is 14.5. The van der Waals surface area contributed by atoms with Crippen LogP contribution in [0.2, 0.25) is 10.0 Å². The Balaban J connectivity index is 1.31. The van der Waals surface area contributed by atoms with Gasteiger partial charge in [-0.2, -0.15) is 0 Å². The van der Waals surface area contributed by atoms with Crippen LogP contribution >= 0.6 is 35.0 Å². The van der Waals surface area contributed by atoms with Gasteiger partial charge in [-0.05, 0) is 48.4 Å². The van der Waals surface area contributed by atoms with Crippen LogP contribution in [0.5, 0.6) is 0 Å². The zero-order valence-corrected chi connectivity index (χ0v) is 23.9. The third-order valence-corrected chi connectivity index (χ3v) is 8.77. The number of nitrogens with one attached hydrogen (secondary N) is 1. The summed E-state index contributed by atoms with van der Waals surface area (Å²) in [6.45, 7) is 1.16. The van der Waals surface area contributed by atoms with Gasteiger partial charge < -0.3 is 19.9 Å². The number of fused-ring (bicyclic) bond motifs is 1. The van der Waals surface area contributed by atoms with Crippen molar-refractivity contribution in [2.24, 2.45) is 5.92 Å². The number of rotatable bonds is 8. The van der Waals surface area contributed by atoms with Crippen molar-refractivity contribution < 1.29 is 23.9 Å². The second-order valence-electron chi connectivity index (χ2n) is 9.35. The number of benzene rings is 2. The third-order valence-electron chi connectivity index (χ3n) is 6.98. The minimum atomic E-state index is -0.988. The molecule has 2 heterocycles. The predicted molar refractivity (Wildman–Crippen MR) is 152 cm³/mol. The number of esters is 1. The Morgan fingerprint density at radius 3 is 2.51 bits per heavy atom. The van der Waals surface area contributed by atoms with Crippen molar-refractivity contribution in [1.29, 1.82) is 0 Å². The summed E-state index contributed by atoms with van der Waals surface area (Å²) in [7, 11) is 1.25. The zero-order chi connectivity index (χ0) is 28.1. The number of amides is 3. The van der Waals surface area contributed by atoms with Gasteiger partial charge >= 0.3 is 5.97 Å². The molecule has 1 atom stereocenters. The molecule has 0 spiro atoms. The largest absolute Gasteiger partial charge is 0.467 e. The summed E-state index contributed by atoms with van der Waals surface area (Å²) < 4.78 is 4.89. The Kier molecular flexibility index (Phi) is 9.58.